The molecule has 0 saturated carbocycles. The third-order valence-corrected chi connectivity index (χ3v) is 4.37. The highest BCUT2D eigenvalue weighted by Crippen LogP contribution is 2.20. The van der Waals surface area contributed by atoms with Gasteiger partial charge in [0.05, 0.1) is 6.04 Å². The fraction of sp³-hybridized carbons (Fsp3) is 0.533. The Kier molecular flexibility index (Phi) is 4.99. The molecule has 0 radical (unpaired) electrons. The van der Waals surface area contributed by atoms with E-state index in [0.29, 0.717) is 6.04 Å². The normalized spacial score (nSPS) is 21.9. The van der Waals surface area contributed by atoms with Crippen LogP contribution in [0, 0.1) is 0 Å². The van der Waals surface area contributed by atoms with Crippen molar-refractivity contribution in [3.05, 3.63) is 28.7 Å². The molecule has 104 valence electrons. The molecular weight excluding hydrogens is 304 g/mol. The summed E-state index contributed by atoms with van der Waals surface area (Å²) in [7, 11) is 0. The summed E-state index contributed by atoms with van der Waals surface area (Å²) in [4.78, 5) is 14.6. The quantitative estimate of drug-likeness (QED) is 0.920. The van der Waals surface area contributed by atoms with Gasteiger partial charge in [0, 0.05) is 16.2 Å². The van der Waals surface area contributed by atoms with Crippen LogP contribution in [0.5, 0.6) is 0 Å². The van der Waals surface area contributed by atoms with Crippen molar-refractivity contribution in [2.75, 3.05) is 11.9 Å². The molecule has 1 aliphatic rings. The molecule has 0 aliphatic carbocycles. The Morgan fingerprint density at radius 2 is 2.05 bits per heavy atom. The van der Waals surface area contributed by atoms with Crippen LogP contribution in [-0.2, 0) is 4.79 Å². The van der Waals surface area contributed by atoms with E-state index in [0.717, 1.165) is 16.7 Å². The average molecular weight is 325 g/mol. The Morgan fingerprint density at radius 3 is 2.68 bits per heavy atom. The summed E-state index contributed by atoms with van der Waals surface area (Å²) in [5.41, 5.74) is 0.852. The van der Waals surface area contributed by atoms with Crippen LogP contribution in [0.4, 0.5) is 5.69 Å². The minimum Gasteiger partial charge on any atom is -0.325 e. The lowest BCUT2D eigenvalue weighted by Gasteiger charge is -2.37. The lowest BCUT2D eigenvalue weighted by molar-refractivity contribution is -0.122. The second-order valence-electron chi connectivity index (χ2n) is 5.25. The van der Waals surface area contributed by atoms with Crippen molar-refractivity contribution in [1.29, 1.82) is 0 Å². The number of carbonyl (C=O) groups is 1. The lowest BCUT2D eigenvalue weighted by Crippen LogP contribution is -2.48. The van der Waals surface area contributed by atoms with Gasteiger partial charge in [-0.1, -0.05) is 22.4 Å². The molecule has 1 aliphatic heterocycles. The first-order chi connectivity index (χ1) is 9.08. The van der Waals surface area contributed by atoms with E-state index in [1.165, 1.54) is 19.3 Å². The van der Waals surface area contributed by atoms with E-state index in [-0.39, 0.29) is 11.9 Å². The lowest BCUT2D eigenvalue weighted by atomic mass is 10.0. The Balaban J connectivity index is 1.96. The molecule has 19 heavy (non-hydrogen) atoms. The maximum atomic E-state index is 12.3. The monoisotopic (exact) mass is 324 g/mol. The molecule has 1 N–H and O–H groups in total. The first kappa shape index (κ1) is 14.5. The molecule has 0 bridgehead atoms. The van der Waals surface area contributed by atoms with Crippen molar-refractivity contribution in [2.45, 2.75) is 45.2 Å². The minimum absolute atomic E-state index is 0.0704. The van der Waals surface area contributed by atoms with Crippen LogP contribution in [0.1, 0.15) is 33.1 Å². The summed E-state index contributed by atoms with van der Waals surface area (Å²) in [6, 6.07) is 8.12. The summed E-state index contributed by atoms with van der Waals surface area (Å²) in [5, 5.41) is 2.99. The Bertz CT molecular complexity index is 432. The van der Waals surface area contributed by atoms with Crippen molar-refractivity contribution < 1.29 is 4.79 Å². The molecule has 1 saturated heterocycles. The number of amides is 1. The van der Waals surface area contributed by atoms with Gasteiger partial charge < -0.3 is 5.32 Å². The van der Waals surface area contributed by atoms with Crippen LogP contribution in [0.2, 0.25) is 0 Å². The Morgan fingerprint density at radius 1 is 1.37 bits per heavy atom. The van der Waals surface area contributed by atoms with Gasteiger partial charge in [0.25, 0.3) is 0 Å². The zero-order valence-corrected chi connectivity index (χ0v) is 13.1. The molecule has 2 unspecified atom stereocenters. The summed E-state index contributed by atoms with van der Waals surface area (Å²) in [6.45, 7) is 5.23. The zero-order valence-electron chi connectivity index (χ0n) is 11.5. The average Bonchev–Trinajstić information content (AvgIpc) is 2.41. The highest BCUT2D eigenvalue weighted by molar-refractivity contribution is 9.10. The zero-order chi connectivity index (χ0) is 13.8. The molecule has 4 heteroatoms. The van der Waals surface area contributed by atoms with Gasteiger partial charge in [-0.2, -0.15) is 0 Å². The van der Waals surface area contributed by atoms with E-state index < -0.39 is 0 Å². The number of nitrogens with zero attached hydrogens (tertiary/aromatic N) is 1. The highest BCUT2D eigenvalue weighted by Gasteiger charge is 2.27. The molecule has 2 atom stereocenters. The van der Waals surface area contributed by atoms with E-state index in [1.807, 2.05) is 31.2 Å². The topological polar surface area (TPSA) is 32.3 Å². The second-order valence-corrected chi connectivity index (χ2v) is 6.17. The number of hydrogen-bond donors (Lipinski definition) is 1. The number of rotatable bonds is 3. The SMILES string of the molecule is CC1CCCCN1C(C)C(=O)Nc1ccc(Br)cc1. The maximum Gasteiger partial charge on any atom is 0.241 e. The second kappa shape index (κ2) is 6.53. The van der Waals surface area contributed by atoms with Gasteiger partial charge in [0.15, 0.2) is 0 Å². The number of likely N-dealkylation sites (tertiary alicyclic amines) is 1. The first-order valence-corrected chi connectivity index (χ1v) is 7.69. The molecule has 1 heterocycles. The van der Waals surface area contributed by atoms with Crippen LogP contribution < -0.4 is 5.32 Å². The fourth-order valence-corrected chi connectivity index (χ4v) is 2.89. The van der Waals surface area contributed by atoms with E-state index >= 15 is 0 Å². The van der Waals surface area contributed by atoms with Crippen LogP contribution >= 0.6 is 15.9 Å². The predicted molar refractivity (Wildman–Crippen MR) is 82.3 cm³/mol. The highest BCUT2D eigenvalue weighted by atomic mass is 79.9. The molecule has 3 nitrogen and oxygen atoms in total. The van der Waals surface area contributed by atoms with Gasteiger partial charge in [-0.3, -0.25) is 9.69 Å². The molecule has 0 aromatic heterocycles. The van der Waals surface area contributed by atoms with Crippen LogP contribution in [0.25, 0.3) is 0 Å². The van der Waals surface area contributed by atoms with E-state index in [1.54, 1.807) is 0 Å². The van der Waals surface area contributed by atoms with Gasteiger partial charge in [-0.25, -0.2) is 0 Å². The summed E-state index contributed by atoms with van der Waals surface area (Å²) in [6.07, 6.45) is 3.66. The first-order valence-electron chi connectivity index (χ1n) is 6.90. The van der Waals surface area contributed by atoms with Crippen LogP contribution in [-0.4, -0.2) is 29.4 Å². The van der Waals surface area contributed by atoms with Crippen molar-refractivity contribution in [2.24, 2.45) is 0 Å². The molecule has 0 spiro atoms. The van der Waals surface area contributed by atoms with E-state index in [4.69, 9.17) is 0 Å². The number of nitrogens with one attached hydrogen (secondary N) is 1. The Hall–Kier alpha value is -0.870. The summed E-state index contributed by atoms with van der Waals surface area (Å²) < 4.78 is 1.02. The van der Waals surface area contributed by atoms with Gasteiger partial charge in [0.2, 0.25) is 5.91 Å². The molecule has 1 aromatic carbocycles. The fourth-order valence-electron chi connectivity index (χ4n) is 2.63. The van der Waals surface area contributed by atoms with Gasteiger partial charge in [-0.15, -0.1) is 0 Å². The van der Waals surface area contributed by atoms with Gasteiger partial charge >= 0.3 is 0 Å². The minimum atomic E-state index is -0.0704. The number of halogens is 1. The maximum absolute atomic E-state index is 12.3. The standard InChI is InChI=1S/C15H21BrN2O/c1-11-5-3-4-10-18(11)12(2)15(19)17-14-8-6-13(16)7-9-14/h6-9,11-12H,3-5,10H2,1-2H3,(H,17,19). The molecule has 1 aromatic rings. The number of benzene rings is 1. The number of anilines is 1. The number of carbonyl (C=O) groups excluding carboxylic acids is 1. The van der Waals surface area contributed by atoms with Gasteiger partial charge in [-0.05, 0) is 57.5 Å². The van der Waals surface area contributed by atoms with Crippen molar-refractivity contribution in [3.63, 3.8) is 0 Å². The van der Waals surface area contributed by atoms with E-state index in [9.17, 15) is 4.79 Å². The number of hydrogen-bond acceptors (Lipinski definition) is 2. The van der Waals surface area contributed by atoms with Crippen molar-refractivity contribution >= 4 is 27.5 Å². The third kappa shape index (κ3) is 3.80. The van der Waals surface area contributed by atoms with Gasteiger partial charge in [0.1, 0.15) is 0 Å². The summed E-state index contributed by atoms with van der Waals surface area (Å²) in [5.74, 6) is 0.0797. The molecule has 2 rings (SSSR count). The number of piperidine rings is 1. The Labute approximate surface area is 123 Å². The smallest absolute Gasteiger partial charge is 0.241 e. The molecular formula is C15H21BrN2O. The summed E-state index contributed by atoms with van der Waals surface area (Å²) >= 11 is 3.39. The van der Waals surface area contributed by atoms with Crippen LogP contribution in [0.3, 0.4) is 0 Å². The molecule has 1 amide bonds. The van der Waals surface area contributed by atoms with Crippen molar-refractivity contribution in [3.8, 4) is 0 Å². The molecule has 1 fully saturated rings. The largest absolute Gasteiger partial charge is 0.325 e. The van der Waals surface area contributed by atoms with Crippen LogP contribution in [0.15, 0.2) is 28.7 Å². The van der Waals surface area contributed by atoms with Crippen molar-refractivity contribution in [1.82, 2.24) is 4.90 Å². The van der Waals surface area contributed by atoms with E-state index in [2.05, 4.69) is 33.1 Å². The predicted octanol–water partition coefficient (Wildman–Crippen LogP) is 3.65. The third-order valence-electron chi connectivity index (χ3n) is 3.84.